The number of pyridine rings is 1. The topological polar surface area (TPSA) is 28.2 Å². The summed E-state index contributed by atoms with van der Waals surface area (Å²) >= 11 is 6.30. The summed E-state index contributed by atoms with van der Waals surface area (Å²) in [5, 5.41) is 4.51. The number of hydrogen-bond donors (Lipinski definition) is 1. The molecule has 1 aromatic heterocycles. The highest BCUT2D eigenvalue weighted by molar-refractivity contribution is 6.31. The zero-order valence-electron chi connectivity index (χ0n) is 13.5. The Hall–Kier alpha value is -0.640. The molecule has 2 rings (SSSR count). The van der Waals surface area contributed by atoms with Gasteiger partial charge in [0.2, 0.25) is 0 Å². The Labute approximate surface area is 134 Å². The van der Waals surface area contributed by atoms with Crippen LogP contribution in [-0.2, 0) is 6.54 Å². The van der Waals surface area contributed by atoms with Crippen LogP contribution in [0.15, 0.2) is 18.5 Å². The molecule has 0 aromatic carbocycles. The quantitative estimate of drug-likeness (QED) is 0.868. The molecule has 1 aromatic rings. The van der Waals surface area contributed by atoms with E-state index >= 15 is 0 Å². The predicted molar refractivity (Wildman–Crippen MR) is 89.6 cm³/mol. The maximum atomic E-state index is 6.30. The molecule has 0 spiro atoms. The van der Waals surface area contributed by atoms with E-state index in [1.807, 2.05) is 12.3 Å². The van der Waals surface area contributed by atoms with Gasteiger partial charge in [0.1, 0.15) is 0 Å². The van der Waals surface area contributed by atoms with Crippen LogP contribution >= 0.6 is 11.6 Å². The molecule has 1 aliphatic rings. The lowest BCUT2D eigenvalue weighted by molar-refractivity contribution is 0.0818. The smallest absolute Gasteiger partial charge is 0.0634 e. The molecule has 21 heavy (non-hydrogen) atoms. The number of halogens is 1. The fourth-order valence-electron chi connectivity index (χ4n) is 3.21. The van der Waals surface area contributed by atoms with Crippen LogP contribution in [0.1, 0.15) is 45.6 Å². The molecule has 0 saturated carbocycles. The van der Waals surface area contributed by atoms with E-state index in [0.29, 0.717) is 18.0 Å². The lowest BCUT2D eigenvalue weighted by Crippen LogP contribution is -2.58. The van der Waals surface area contributed by atoms with E-state index in [2.05, 4.69) is 36.0 Å². The van der Waals surface area contributed by atoms with Crippen molar-refractivity contribution in [2.45, 2.75) is 58.7 Å². The van der Waals surface area contributed by atoms with Gasteiger partial charge >= 0.3 is 0 Å². The molecule has 1 aliphatic heterocycles. The van der Waals surface area contributed by atoms with E-state index in [1.54, 1.807) is 6.20 Å². The van der Waals surface area contributed by atoms with Crippen LogP contribution in [0.4, 0.5) is 0 Å². The highest BCUT2D eigenvalue weighted by atomic mass is 35.5. The van der Waals surface area contributed by atoms with E-state index in [-0.39, 0.29) is 0 Å². The molecule has 0 aliphatic carbocycles. The Kier molecular flexibility index (Phi) is 6.46. The fraction of sp³-hybridized carbons (Fsp3) is 0.706. The lowest BCUT2D eigenvalue weighted by Gasteiger charge is -2.43. The average Bonchev–Trinajstić information content (AvgIpc) is 2.49. The fourth-order valence-corrected chi connectivity index (χ4v) is 3.39. The van der Waals surface area contributed by atoms with Gasteiger partial charge in [0.25, 0.3) is 0 Å². The second kappa shape index (κ2) is 8.11. The van der Waals surface area contributed by atoms with E-state index in [1.165, 1.54) is 24.8 Å². The molecular formula is C17H28ClN3. The van der Waals surface area contributed by atoms with Gasteiger partial charge in [0, 0.05) is 44.1 Å². The second-order valence-electron chi connectivity index (χ2n) is 6.24. The maximum absolute atomic E-state index is 6.30. The summed E-state index contributed by atoms with van der Waals surface area (Å²) in [5.74, 6) is 0.695. The predicted octanol–water partition coefficient (Wildman–Crippen LogP) is 3.72. The van der Waals surface area contributed by atoms with Gasteiger partial charge in [-0.15, -0.1) is 0 Å². The summed E-state index contributed by atoms with van der Waals surface area (Å²) < 4.78 is 0. The van der Waals surface area contributed by atoms with Gasteiger partial charge < -0.3 is 5.32 Å². The molecular weight excluding hydrogens is 282 g/mol. The summed E-state index contributed by atoms with van der Waals surface area (Å²) in [6.45, 7) is 10.0. The Balaban J connectivity index is 2.11. The highest BCUT2D eigenvalue weighted by Gasteiger charge is 2.30. The van der Waals surface area contributed by atoms with E-state index in [9.17, 15) is 0 Å². The van der Waals surface area contributed by atoms with Crippen molar-refractivity contribution in [1.82, 2.24) is 15.2 Å². The zero-order chi connectivity index (χ0) is 15.2. The number of piperazine rings is 1. The number of aromatic nitrogens is 1. The summed E-state index contributed by atoms with van der Waals surface area (Å²) in [5.41, 5.74) is 1.19. The van der Waals surface area contributed by atoms with Gasteiger partial charge in [-0.05, 0) is 24.0 Å². The molecule has 2 heterocycles. The Morgan fingerprint density at radius 3 is 2.95 bits per heavy atom. The van der Waals surface area contributed by atoms with Crippen molar-refractivity contribution < 1.29 is 0 Å². The van der Waals surface area contributed by atoms with Crippen LogP contribution in [0.5, 0.6) is 0 Å². The number of nitrogens with one attached hydrogen (secondary N) is 1. The first kappa shape index (κ1) is 16.7. The van der Waals surface area contributed by atoms with Crippen molar-refractivity contribution in [2.24, 2.45) is 5.92 Å². The van der Waals surface area contributed by atoms with Crippen LogP contribution < -0.4 is 5.32 Å². The third kappa shape index (κ3) is 4.41. The van der Waals surface area contributed by atoms with Crippen molar-refractivity contribution in [2.75, 3.05) is 13.1 Å². The van der Waals surface area contributed by atoms with Crippen molar-refractivity contribution in [3.8, 4) is 0 Å². The van der Waals surface area contributed by atoms with E-state index < -0.39 is 0 Å². The van der Waals surface area contributed by atoms with Crippen LogP contribution in [0.2, 0.25) is 5.02 Å². The Bertz CT molecular complexity index is 438. The first-order chi connectivity index (χ1) is 10.2. The number of nitrogens with zero attached hydrogens (tertiary/aromatic N) is 2. The first-order valence-electron chi connectivity index (χ1n) is 8.21. The summed E-state index contributed by atoms with van der Waals surface area (Å²) in [7, 11) is 0. The third-order valence-corrected chi connectivity index (χ3v) is 5.05. The van der Waals surface area contributed by atoms with E-state index in [4.69, 9.17) is 11.6 Å². The van der Waals surface area contributed by atoms with Gasteiger partial charge in [-0.3, -0.25) is 9.88 Å². The van der Waals surface area contributed by atoms with E-state index in [0.717, 1.165) is 24.7 Å². The number of rotatable bonds is 6. The molecule has 3 atom stereocenters. The molecule has 0 bridgehead atoms. The standard InChI is InChI=1S/C17H28ClN3/c1-4-6-15-12-21(17(10-20-15)13(3)5-2)11-14-7-8-19-9-16(14)18/h7-9,13,15,17,20H,4-6,10-12H2,1-3H3. The van der Waals surface area contributed by atoms with Crippen molar-refractivity contribution in [3.63, 3.8) is 0 Å². The third-order valence-electron chi connectivity index (χ3n) is 4.71. The van der Waals surface area contributed by atoms with Crippen LogP contribution in [0.25, 0.3) is 0 Å². The molecule has 118 valence electrons. The Morgan fingerprint density at radius 2 is 2.29 bits per heavy atom. The second-order valence-corrected chi connectivity index (χ2v) is 6.65. The Morgan fingerprint density at radius 1 is 1.48 bits per heavy atom. The average molecular weight is 310 g/mol. The van der Waals surface area contributed by atoms with Gasteiger partial charge in [-0.25, -0.2) is 0 Å². The monoisotopic (exact) mass is 309 g/mol. The molecule has 3 unspecified atom stereocenters. The zero-order valence-corrected chi connectivity index (χ0v) is 14.2. The molecule has 3 nitrogen and oxygen atoms in total. The van der Waals surface area contributed by atoms with Crippen molar-refractivity contribution >= 4 is 11.6 Å². The first-order valence-corrected chi connectivity index (χ1v) is 8.59. The van der Waals surface area contributed by atoms with Gasteiger partial charge in [0.05, 0.1) is 5.02 Å². The minimum absolute atomic E-state index is 0.590. The molecule has 1 fully saturated rings. The minimum Gasteiger partial charge on any atom is -0.311 e. The van der Waals surface area contributed by atoms with Gasteiger partial charge in [-0.1, -0.05) is 45.2 Å². The number of hydrogen-bond acceptors (Lipinski definition) is 3. The van der Waals surface area contributed by atoms with Crippen molar-refractivity contribution in [1.29, 1.82) is 0 Å². The van der Waals surface area contributed by atoms with Crippen molar-refractivity contribution in [3.05, 3.63) is 29.0 Å². The van der Waals surface area contributed by atoms with Gasteiger partial charge in [-0.2, -0.15) is 0 Å². The largest absolute Gasteiger partial charge is 0.311 e. The summed E-state index contributed by atoms with van der Waals surface area (Å²) in [6.07, 6.45) is 7.28. The summed E-state index contributed by atoms with van der Waals surface area (Å²) in [4.78, 5) is 6.71. The highest BCUT2D eigenvalue weighted by Crippen LogP contribution is 2.24. The van der Waals surface area contributed by atoms with Gasteiger partial charge in [0.15, 0.2) is 0 Å². The minimum atomic E-state index is 0.590. The van der Waals surface area contributed by atoms with Crippen LogP contribution in [0.3, 0.4) is 0 Å². The normalized spacial score (nSPS) is 25.0. The molecule has 1 N–H and O–H groups in total. The molecule has 4 heteroatoms. The van der Waals surface area contributed by atoms with Crippen LogP contribution in [-0.4, -0.2) is 35.1 Å². The van der Waals surface area contributed by atoms with Crippen LogP contribution in [0, 0.1) is 5.92 Å². The molecule has 0 amide bonds. The molecule has 0 radical (unpaired) electrons. The molecule has 1 saturated heterocycles. The lowest BCUT2D eigenvalue weighted by atomic mass is 9.93. The maximum Gasteiger partial charge on any atom is 0.0634 e. The summed E-state index contributed by atoms with van der Waals surface area (Å²) in [6, 6.07) is 3.25. The SMILES string of the molecule is CCCC1CN(Cc2ccncc2Cl)C(C(C)CC)CN1.